The minimum Gasteiger partial charge on any atom is -0.480 e. The second-order valence-corrected chi connectivity index (χ2v) is 6.04. The fourth-order valence-corrected chi connectivity index (χ4v) is 2.83. The van der Waals surface area contributed by atoms with E-state index in [-0.39, 0.29) is 18.8 Å². The summed E-state index contributed by atoms with van der Waals surface area (Å²) in [6, 6.07) is 6.67. The number of ether oxygens (including phenoxy) is 2. The number of esters is 2. The van der Waals surface area contributed by atoms with Gasteiger partial charge in [-0.1, -0.05) is 18.2 Å². The Balaban J connectivity index is 2.33. The lowest BCUT2D eigenvalue weighted by Gasteiger charge is -2.23. The van der Waals surface area contributed by atoms with Crippen LogP contribution in [0.5, 0.6) is 0 Å². The van der Waals surface area contributed by atoms with Crippen molar-refractivity contribution in [2.24, 2.45) is 5.92 Å². The summed E-state index contributed by atoms with van der Waals surface area (Å²) < 4.78 is 9.71. The summed E-state index contributed by atoms with van der Waals surface area (Å²) in [6.07, 6.45) is 0.966. The molecule has 9 heteroatoms. The van der Waals surface area contributed by atoms with Gasteiger partial charge in [0.15, 0.2) is 0 Å². The summed E-state index contributed by atoms with van der Waals surface area (Å²) in [5.41, 5.74) is 0.530. The zero-order valence-corrected chi connectivity index (χ0v) is 16.1. The highest BCUT2D eigenvalue weighted by atomic mass is 16.5. The molecule has 0 spiro atoms. The SMILES string of the molecule is CCOC(=O)C[C@@H](C(=O)OCC)[C@H](NC(=O)c1cccc2cccnc12)C(=O)O. The molecule has 0 unspecified atom stereocenters. The number of carboxylic acid groups (broad SMARTS) is 1. The molecule has 2 rings (SSSR count). The highest BCUT2D eigenvalue weighted by Crippen LogP contribution is 2.18. The van der Waals surface area contributed by atoms with E-state index in [4.69, 9.17) is 9.47 Å². The third kappa shape index (κ3) is 5.50. The van der Waals surface area contributed by atoms with Crippen molar-refractivity contribution in [3.8, 4) is 0 Å². The van der Waals surface area contributed by atoms with Crippen molar-refractivity contribution in [2.75, 3.05) is 13.2 Å². The molecule has 2 N–H and O–H groups in total. The number of hydrogen-bond donors (Lipinski definition) is 2. The fourth-order valence-electron chi connectivity index (χ4n) is 2.83. The molecule has 9 nitrogen and oxygen atoms in total. The van der Waals surface area contributed by atoms with E-state index in [0.29, 0.717) is 10.9 Å². The first-order valence-electron chi connectivity index (χ1n) is 9.08. The van der Waals surface area contributed by atoms with E-state index >= 15 is 0 Å². The van der Waals surface area contributed by atoms with Crippen molar-refractivity contribution in [1.29, 1.82) is 0 Å². The van der Waals surface area contributed by atoms with Crippen LogP contribution >= 0.6 is 0 Å². The van der Waals surface area contributed by atoms with Gasteiger partial charge in [-0.05, 0) is 26.0 Å². The van der Waals surface area contributed by atoms with E-state index in [9.17, 15) is 24.3 Å². The molecule has 154 valence electrons. The van der Waals surface area contributed by atoms with Crippen molar-refractivity contribution < 1.29 is 33.8 Å². The number of pyridine rings is 1. The van der Waals surface area contributed by atoms with E-state index in [1.165, 1.54) is 12.3 Å². The van der Waals surface area contributed by atoms with E-state index in [2.05, 4.69) is 10.3 Å². The number of benzene rings is 1. The van der Waals surface area contributed by atoms with Crippen LogP contribution in [0.2, 0.25) is 0 Å². The minimum atomic E-state index is -1.69. The normalized spacial score (nSPS) is 12.6. The number of carboxylic acids is 1. The monoisotopic (exact) mass is 402 g/mol. The van der Waals surface area contributed by atoms with Gasteiger partial charge in [0, 0.05) is 11.6 Å². The van der Waals surface area contributed by atoms with Gasteiger partial charge in [0.1, 0.15) is 6.04 Å². The van der Waals surface area contributed by atoms with E-state index < -0.39 is 42.2 Å². The maximum absolute atomic E-state index is 12.8. The lowest BCUT2D eigenvalue weighted by atomic mass is 9.95. The number of hydrogen-bond acceptors (Lipinski definition) is 7. The first-order valence-corrected chi connectivity index (χ1v) is 9.08. The third-order valence-corrected chi connectivity index (χ3v) is 4.11. The summed E-state index contributed by atoms with van der Waals surface area (Å²) in [6.45, 7) is 3.20. The number of nitrogens with one attached hydrogen (secondary N) is 1. The zero-order chi connectivity index (χ0) is 21.4. The molecule has 29 heavy (non-hydrogen) atoms. The van der Waals surface area contributed by atoms with Crippen LogP contribution in [0.15, 0.2) is 36.5 Å². The van der Waals surface area contributed by atoms with Crippen LogP contribution in [0.1, 0.15) is 30.6 Å². The highest BCUT2D eigenvalue weighted by Gasteiger charge is 2.38. The Bertz CT molecular complexity index is 907. The van der Waals surface area contributed by atoms with Gasteiger partial charge in [0.2, 0.25) is 0 Å². The van der Waals surface area contributed by atoms with E-state index in [1.54, 1.807) is 38.1 Å². The Morgan fingerprint density at radius 1 is 1.07 bits per heavy atom. The van der Waals surface area contributed by atoms with Crippen LogP contribution in [-0.4, -0.2) is 53.2 Å². The number of aliphatic carboxylic acids is 1. The van der Waals surface area contributed by atoms with Crippen LogP contribution in [0.3, 0.4) is 0 Å². The van der Waals surface area contributed by atoms with Gasteiger partial charge in [-0.2, -0.15) is 0 Å². The second kappa shape index (κ2) is 10.2. The molecule has 0 aliphatic rings. The smallest absolute Gasteiger partial charge is 0.327 e. The molecule has 0 bridgehead atoms. The van der Waals surface area contributed by atoms with Crippen LogP contribution in [0.25, 0.3) is 10.9 Å². The van der Waals surface area contributed by atoms with Crippen molar-refractivity contribution in [3.63, 3.8) is 0 Å². The number of carbonyl (C=O) groups is 4. The molecular weight excluding hydrogens is 380 g/mol. The van der Waals surface area contributed by atoms with Crippen LogP contribution in [0.4, 0.5) is 0 Å². The van der Waals surface area contributed by atoms with Gasteiger partial charge in [-0.3, -0.25) is 19.4 Å². The van der Waals surface area contributed by atoms with Crippen molar-refractivity contribution >= 4 is 34.7 Å². The average molecular weight is 402 g/mol. The summed E-state index contributed by atoms with van der Waals surface area (Å²) in [5, 5.41) is 12.6. The number of rotatable bonds is 9. The van der Waals surface area contributed by atoms with E-state index in [1.807, 2.05) is 0 Å². The first-order chi connectivity index (χ1) is 13.9. The van der Waals surface area contributed by atoms with Crippen LogP contribution in [0, 0.1) is 5.92 Å². The molecule has 0 aliphatic heterocycles. The quantitative estimate of drug-likeness (QED) is 0.604. The maximum atomic E-state index is 12.8. The molecule has 0 fully saturated rings. The van der Waals surface area contributed by atoms with Gasteiger partial charge >= 0.3 is 17.9 Å². The third-order valence-electron chi connectivity index (χ3n) is 4.11. The molecule has 0 aliphatic carbocycles. The summed E-state index contributed by atoms with van der Waals surface area (Å²) in [5.74, 6) is -5.34. The van der Waals surface area contributed by atoms with E-state index in [0.717, 1.165) is 0 Å². The minimum absolute atomic E-state index is 0.00825. The molecule has 1 aromatic carbocycles. The number of nitrogens with zero attached hydrogens (tertiary/aromatic N) is 1. The molecule has 2 atom stereocenters. The van der Waals surface area contributed by atoms with Gasteiger partial charge in [-0.25, -0.2) is 4.79 Å². The molecule has 0 saturated heterocycles. The van der Waals surface area contributed by atoms with Gasteiger partial charge in [0.25, 0.3) is 5.91 Å². The molecule has 2 aromatic rings. The van der Waals surface area contributed by atoms with Gasteiger partial charge in [-0.15, -0.1) is 0 Å². The van der Waals surface area contributed by atoms with Crippen molar-refractivity contribution in [3.05, 3.63) is 42.1 Å². The molecule has 0 radical (unpaired) electrons. The van der Waals surface area contributed by atoms with Crippen molar-refractivity contribution in [2.45, 2.75) is 26.3 Å². The number of carbonyl (C=O) groups excluding carboxylic acids is 3. The fraction of sp³-hybridized carbons (Fsp3) is 0.350. The molecule has 0 saturated carbocycles. The lowest BCUT2D eigenvalue weighted by Crippen LogP contribution is -2.49. The van der Waals surface area contributed by atoms with Gasteiger partial charge < -0.3 is 19.9 Å². The lowest BCUT2D eigenvalue weighted by molar-refractivity contribution is -0.159. The molecular formula is C20H22N2O7. The predicted octanol–water partition coefficient (Wildman–Crippen LogP) is 1.55. The standard InChI is InChI=1S/C20H22N2O7/c1-3-28-15(23)11-14(20(27)29-4-2)17(19(25)26)22-18(24)13-9-5-7-12-8-6-10-21-16(12)13/h5-10,14,17H,3-4,11H2,1-2H3,(H,22,24)(H,25,26)/t14-,17+/m1/s1. The number of para-hydroxylation sites is 1. The zero-order valence-electron chi connectivity index (χ0n) is 16.1. The average Bonchev–Trinajstić information content (AvgIpc) is 2.70. The topological polar surface area (TPSA) is 132 Å². The Morgan fingerprint density at radius 3 is 2.41 bits per heavy atom. The molecule has 1 aromatic heterocycles. The second-order valence-electron chi connectivity index (χ2n) is 6.04. The first kappa shape index (κ1) is 21.8. The van der Waals surface area contributed by atoms with Crippen LogP contribution in [-0.2, 0) is 23.9 Å². The van der Waals surface area contributed by atoms with Crippen LogP contribution < -0.4 is 5.32 Å². The summed E-state index contributed by atoms with van der Waals surface area (Å²) in [4.78, 5) is 53.0. The van der Waals surface area contributed by atoms with Gasteiger partial charge in [0.05, 0.1) is 36.6 Å². The molecule has 1 heterocycles. The predicted molar refractivity (Wildman–Crippen MR) is 102 cm³/mol. The maximum Gasteiger partial charge on any atom is 0.327 e. The Hall–Kier alpha value is -3.49. The van der Waals surface area contributed by atoms with Crippen molar-refractivity contribution in [1.82, 2.24) is 10.3 Å². The Morgan fingerprint density at radius 2 is 1.76 bits per heavy atom. The number of fused-ring (bicyclic) bond motifs is 1. The summed E-state index contributed by atoms with van der Waals surface area (Å²) in [7, 11) is 0. The number of amides is 1. The Kier molecular flexibility index (Phi) is 7.64. The Labute approximate surface area is 167 Å². The molecule has 1 amide bonds. The largest absolute Gasteiger partial charge is 0.480 e. The summed E-state index contributed by atoms with van der Waals surface area (Å²) >= 11 is 0. The highest BCUT2D eigenvalue weighted by molar-refractivity contribution is 6.06. The number of aromatic nitrogens is 1.